The summed E-state index contributed by atoms with van der Waals surface area (Å²) in [6.45, 7) is 2.46. The number of carbonyl (C=O) groups excluding carboxylic acids is 1. The van der Waals surface area contributed by atoms with Gasteiger partial charge in [0, 0.05) is 11.6 Å². The number of hydrogen-bond acceptors (Lipinski definition) is 7. The molecule has 2 N–H and O–H groups in total. The van der Waals surface area contributed by atoms with Crippen molar-refractivity contribution in [2.24, 2.45) is 5.18 Å². The van der Waals surface area contributed by atoms with E-state index >= 15 is 0 Å². The Balaban J connectivity index is 1.40. The average molecular weight is 528 g/mol. The highest BCUT2D eigenvalue weighted by molar-refractivity contribution is 6.31. The van der Waals surface area contributed by atoms with Crippen LogP contribution in [-0.4, -0.2) is 54.8 Å². The zero-order valence-corrected chi connectivity index (χ0v) is 20.8. The number of ether oxygens (including phenoxy) is 2. The van der Waals surface area contributed by atoms with Crippen LogP contribution >= 0.6 is 11.6 Å². The molecule has 37 heavy (non-hydrogen) atoms. The Morgan fingerprint density at radius 1 is 1.05 bits per heavy atom. The molecule has 3 atom stereocenters. The van der Waals surface area contributed by atoms with Crippen LogP contribution in [0.1, 0.15) is 36.1 Å². The lowest BCUT2D eigenvalue weighted by Crippen LogP contribution is -2.48. The fourth-order valence-corrected chi connectivity index (χ4v) is 5.11. The summed E-state index contributed by atoms with van der Waals surface area (Å²) in [5, 5.41) is 19.4. The molecule has 0 aliphatic carbocycles. The molecule has 8 nitrogen and oxygen atoms in total. The number of fused-ring (bicyclic) bond motifs is 2. The summed E-state index contributed by atoms with van der Waals surface area (Å²) in [6.07, 6.45) is 0.755. The smallest absolute Gasteiger partial charge is 0.253 e. The van der Waals surface area contributed by atoms with Crippen molar-refractivity contribution in [2.75, 3.05) is 32.8 Å². The monoisotopic (exact) mass is 527 g/mol. The van der Waals surface area contributed by atoms with Gasteiger partial charge in [-0.2, -0.15) is 0 Å². The predicted octanol–water partition coefficient (Wildman–Crippen LogP) is 4.53. The number of benzene rings is 3. The first kappa shape index (κ1) is 25.4. The van der Waals surface area contributed by atoms with Crippen molar-refractivity contribution in [2.45, 2.75) is 31.0 Å². The molecule has 0 radical (unpaired) electrons. The first-order chi connectivity index (χ1) is 17.9. The maximum atomic E-state index is 14.7. The van der Waals surface area contributed by atoms with Crippen molar-refractivity contribution in [3.63, 3.8) is 0 Å². The normalized spacial score (nSPS) is 17.8. The molecule has 5 rings (SSSR count). The largest absolute Gasteiger partial charge is 0.486 e. The quantitative estimate of drug-likeness (QED) is 0.418. The van der Waals surface area contributed by atoms with E-state index < -0.39 is 29.9 Å². The van der Waals surface area contributed by atoms with Gasteiger partial charge in [-0.15, -0.1) is 4.91 Å². The number of halogens is 2. The summed E-state index contributed by atoms with van der Waals surface area (Å²) in [5.74, 6) is -1.09. The summed E-state index contributed by atoms with van der Waals surface area (Å²) < 4.78 is 25.5. The van der Waals surface area contributed by atoms with Crippen LogP contribution in [0.5, 0.6) is 11.5 Å². The predicted molar refractivity (Wildman–Crippen MR) is 137 cm³/mol. The number of hydrogen-bond donors (Lipinski definition) is 2. The van der Waals surface area contributed by atoms with Crippen molar-refractivity contribution >= 4 is 28.3 Å². The molecule has 2 aliphatic heterocycles. The molecule has 1 fully saturated rings. The van der Waals surface area contributed by atoms with E-state index in [0.717, 1.165) is 36.7 Å². The Kier molecular flexibility index (Phi) is 7.55. The maximum Gasteiger partial charge on any atom is 0.253 e. The van der Waals surface area contributed by atoms with Crippen LogP contribution in [0, 0.1) is 10.7 Å². The molecule has 2 aliphatic rings. The number of amides is 1. The van der Waals surface area contributed by atoms with Crippen LogP contribution < -0.4 is 14.8 Å². The second-order valence-electron chi connectivity index (χ2n) is 9.35. The van der Waals surface area contributed by atoms with Gasteiger partial charge in [0.15, 0.2) is 23.4 Å². The van der Waals surface area contributed by atoms with Crippen LogP contribution in [0.15, 0.2) is 53.7 Å². The lowest BCUT2D eigenvalue weighted by molar-refractivity contribution is -0.124. The second kappa shape index (κ2) is 11.0. The van der Waals surface area contributed by atoms with Gasteiger partial charge < -0.3 is 24.8 Å². The number of aliphatic hydroxyl groups excluding tert-OH is 1. The molecule has 0 aromatic heterocycles. The maximum absolute atomic E-state index is 14.7. The third kappa shape index (κ3) is 5.53. The number of nitroso groups, excluding NO2 is 1. The Labute approximate surface area is 218 Å². The fraction of sp³-hybridized carbons (Fsp3) is 0.370. The van der Waals surface area contributed by atoms with E-state index in [1.54, 1.807) is 36.4 Å². The minimum atomic E-state index is -1.33. The van der Waals surface area contributed by atoms with E-state index in [9.17, 15) is 19.2 Å². The minimum absolute atomic E-state index is 0.00476. The summed E-state index contributed by atoms with van der Waals surface area (Å²) in [5.41, 5.74) is 0.659. The standard InChI is InChI=1S/C27H27ClFN3O5/c28-20-6-5-16-11-18(4-3-17(16)12-20)24(31-35)27(34)30-22(15-32-7-1-2-8-32)25(33)19-13-21(29)26-23(14-19)36-9-10-37-26/h3-6,11-14,22,24-25,33H,1-2,7-10,15H2,(H,30,34). The fourth-order valence-electron chi connectivity index (χ4n) is 4.93. The lowest BCUT2D eigenvalue weighted by Gasteiger charge is -2.30. The van der Waals surface area contributed by atoms with Gasteiger partial charge in [0.25, 0.3) is 5.91 Å². The zero-order valence-electron chi connectivity index (χ0n) is 20.0. The number of likely N-dealkylation sites (tertiary alicyclic amines) is 1. The van der Waals surface area contributed by atoms with Crippen molar-refractivity contribution < 1.29 is 23.8 Å². The topological polar surface area (TPSA) is 100 Å². The Morgan fingerprint density at radius 2 is 1.78 bits per heavy atom. The Morgan fingerprint density at radius 3 is 2.57 bits per heavy atom. The van der Waals surface area contributed by atoms with E-state index in [4.69, 9.17) is 21.1 Å². The number of nitrogens with zero attached hydrogens (tertiary/aromatic N) is 2. The third-order valence-corrected chi connectivity index (χ3v) is 7.05. The molecule has 3 unspecified atom stereocenters. The highest BCUT2D eigenvalue weighted by Gasteiger charge is 2.32. The first-order valence-electron chi connectivity index (χ1n) is 12.2. The number of rotatable bonds is 8. The molecular weight excluding hydrogens is 501 g/mol. The molecule has 3 aromatic carbocycles. The minimum Gasteiger partial charge on any atom is -0.486 e. The van der Waals surface area contributed by atoms with E-state index in [1.165, 1.54) is 12.1 Å². The van der Waals surface area contributed by atoms with Crippen molar-refractivity contribution in [3.8, 4) is 11.5 Å². The van der Waals surface area contributed by atoms with Crippen molar-refractivity contribution in [1.29, 1.82) is 0 Å². The molecular formula is C27H27ClFN3O5. The molecule has 3 aromatic rings. The SMILES string of the molecule is O=NC(C(=O)NC(CN1CCCC1)C(O)c1cc(F)c2c(c1)OCCO2)c1ccc2cc(Cl)ccc2c1. The molecule has 1 saturated heterocycles. The van der Waals surface area contributed by atoms with Gasteiger partial charge in [-0.1, -0.05) is 35.0 Å². The number of aliphatic hydroxyl groups is 1. The van der Waals surface area contributed by atoms with E-state index in [0.29, 0.717) is 17.1 Å². The Hall–Kier alpha value is -3.27. The van der Waals surface area contributed by atoms with E-state index in [-0.39, 0.29) is 30.3 Å². The van der Waals surface area contributed by atoms with Gasteiger partial charge in [0.05, 0.1) is 6.04 Å². The summed E-state index contributed by atoms with van der Waals surface area (Å²) in [6, 6.07) is 11.0. The van der Waals surface area contributed by atoms with E-state index in [2.05, 4.69) is 15.4 Å². The zero-order chi connectivity index (χ0) is 25.9. The number of carbonyl (C=O) groups is 1. The van der Waals surface area contributed by atoms with Crippen LogP contribution in [0.25, 0.3) is 10.8 Å². The third-order valence-electron chi connectivity index (χ3n) is 6.82. The molecule has 0 bridgehead atoms. The van der Waals surface area contributed by atoms with Crippen molar-refractivity contribution in [1.82, 2.24) is 10.2 Å². The van der Waals surface area contributed by atoms with Gasteiger partial charge >= 0.3 is 0 Å². The summed E-state index contributed by atoms with van der Waals surface area (Å²) >= 11 is 6.06. The molecule has 0 saturated carbocycles. The highest BCUT2D eigenvalue weighted by atomic mass is 35.5. The molecule has 0 spiro atoms. The van der Waals surface area contributed by atoms with Crippen LogP contribution in [0.2, 0.25) is 5.02 Å². The van der Waals surface area contributed by atoms with Gasteiger partial charge in [-0.25, -0.2) is 4.39 Å². The van der Waals surface area contributed by atoms with Gasteiger partial charge in [0.1, 0.15) is 19.3 Å². The van der Waals surface area contributed by atoms with Crippen molar-refractivity contribution in [3.05, 3.63) is 75.4 Å². The van der Waals surface area contributed by atoms with Crippen LogP contribution in [-0.2, 0) is 4.79 Å². The number of nitrogens with one attached hydrogen (secondary N) is 1. The van der Waals surface area contributed by atoms with Gasteiger partial charge in [-0.05, 0) is 78.2 Å². The lowest BCUT2D eigenvalue weighted by atomic mass is 9.98. The highest BCUT2D eigenvalue weighted by Crippen LogP contribution is 2.36. The van der Waals surface area contributed by atoms with Gasteiger partial charge in [-0.3, -0.25) is 4.79 Å². The summed E-state index contributed by atoms with van der Waals surface area (Å²) in [7, 11) is 0. The summed E-state index contributed by atoms with van der Waals surface area (Å²) in [4.78, 5) is 27.3. The van der Waals surface area contributed by atoms with Crippen LogP contribution in [0.4, 0.5) is 4.39 Å². The molecule has 10 heteroatoms. The molecule has 1 amide bonds. The first-order valence-corrected chi connectivity index (χ1v) is 12.6. The molecule has 2 heterocycles. The van der Waals surface area contributed by atoms with E-state index in [1.807, 2.05) is 0 Å². The Bertz CT molecular complexity index is 1320. The van der Waals surface area contributed by atoms with Gasteiger partial charge in [0.2, 0.25) is 0 Å². The second-order valence-corrected chi connectivity index (χ2v) is 9.79. The average Bonchev–Trinajstić information content (AvgIpc) is 3.41. The molecule has 194 valence electrons. The van der Waals surface area contributed by atoms with Crippen LogP contribution in [0.3, 0.4) is 0 Å².